The van der Waals surface area contributed by atoms with Gasteiger partial charge in [0.15, 0.2) is 5.89 Å². The van der Waals surface area contributed by atoms with Crippen molar-refractivity contribution in [3.63, 3.8) is 0 Å². The van der Waals surface area contributed by atoms with Gasteiger partial charge >= 0.3 is 0 Å². The van der Waals surface area contributed by atoms with Gasteiger partial charge in [0.05, 0.1) is 5.69 Å². The highest BCUT2D eigenvalue weighted by molar-refractivity contribution is 5.44. The predicted octanol–water partition coefficient (Wildman–Crippen LogP) is 2.27. The molecule has 0 spiro atoms. The lowest BCUT2D eigenvalue weighted by Crippen LogP contribution is -1.73. The Morgan fingerprint density at radius 1 is 1.55 bits per heavy atom. The average molecular weight is 155 g/mol. The zero-order valence-corrected chi connectivity index (χ0v) is 6.60. The molecule has 60 valence electrons. The van der Waals surface area contributed by atoms with Crippen LogP contribution in [-0.4, -0.2) is 11.7 Å². The molecular formula is C8H10FNO. The number of allylic oxidation sites excluding steroid dienone is 1. The maximum atomic E-state index is 11.7. The molecule has 0 saturated carbocycles. The van der Waals surface area contributed by atoms with Crippen molar-refractivity contribution in [2.75, 3.05) is 6.67 Å². The van der Waals surface area contributed by atoms with Crippen LogP contribution in [0.3, 0.4) is 0 Å². The minimum atomic E-state index is -0.473. The highest BCUT2D eigenvalue weighted by atomic mass is 19.1. The third-order valence-electron chi connectivity index (χ3n) is 1.30. The van der Waals surface area contributed by atoms with Crippen LogP contribution in [0.2, 0.25) is 0 Å². The van der Waals surface area contributed by atoms with Crippen LogP contribution >= 0.6 is 0 Å². The van der Waals surface area contributed by atoms with Crippen molar-refractivity contribution in [3.05, 3.63) is 23.4 Å². The molecule has 11 heavy (non-hydrogen) atoms. The first-order valence-electron chi connectivity index (χ1n) is 3.40. The highest BCUT2D eigenvalue weighted by Crippen LogP contribution is 2.10. The second kappa shape index (κ2) is 3.32. The highest BCUT2D eigenvalue weighted by Gasteiger charge is 2.00. The molecule has 0 aliphatic heterocycles. The van der Waals surface area contributed by atoms with E-state index in [0.29, 0.717) is 11.7 Å². The minimum Gasteiger partial charge on any atom is -0.441 e. The van der Waals surface area contributed by atoms with Crippen molar-refractivity contribution in [1.82, 2.24) is 4.98 Å². The van der Waals surface area contributed by atoms with Crippen LogP contribution in [0.25, 0.3) is 6.08 Å². The van der Waals surface area contributed by atoms with Crippen molar-refractivity contribution in [2.45, 2.75) is 13.8 Å². The fraction of sp³-hybridized carbons (Fsp3) is 0.375. The molecule has 0 unspecified atom stereocenters. The summed E-state index contributed by atoms with van der Waals surface area (Å²) in [5.74, 6) is 1.25. The number of nitrogens with zero attached hydrogens (tertiary/aromatic N) is 1. The molecular weight excluding hydrogens is 145 g/mol. The molecule has 0 saturated heterocycles. The molecule has 0 aliphatic carbocycles. The molecule has 0 bridgehead atoms. The van der Waals surface area contributed by atoms with E-state index in [9.17, 15) is 4.39 Å². The first kappa shape index (κ1) is 7.98. The van der Waals surface area contributed by atoms with E-state index in [1.54, 1.807) is 13.0 Å². The van der Waals surface area contributed by atoms with Crippen molar-refractivity contribution >= 4 is 6.08 Å². The van der Waals surface area contributed by atoms with Crippen LogP contribution in [0.15, 0.2) is 10.5 Å². The lowest BCUT2D eigenvalue weighted by atomic mass is 10.3. The Balaban J connectivity index is 2.85. The van der Waals surface area contributed by atoms with Gasteiger partial charge in [-0.15, -0.1) is 0 Å². The van der Waals surface area contributed by atoms with Gasteiger partial charge in [0.1, 0.15) is 12.4 Å². The van der Waals surface area contributed by atoms with Crippen LogP contribution in [0.4, 0.5) is 4.39 Å². The van der Waals surface area contributed by atoms with Crippen LogP contribution in [-0.2, 0) is 0 Å². The smallest absolute Gasteiger partial charge is 0.191 e. The van der Waals surface area contributed by atoms with Gasteiger partial charge in [-0.2, -0.15) is 0 Å². The van der Waals surface area contributed by atoms with E-state index in [0.717, 1.165) is 5.69 Å². The molecule has 1 heterocycles. The second-order valence-electron chi connectivity index (χ2n) is 2.24. The summed E-state index contributed by atoms with van der Waals surface area (Å²) >= 11 is 0. The van der Waals surface area contributed by atoms with Gasteiger partial charge in [-0.05, 0) is 13.0 Å². The van der Waals surface area contributed by atoms with Crippen molar-refractivity contribution in [1.29, 1.82) is 0 Å². The van der Waals surface area contributed by atoms with Crippen molar-refractivity contribution in [3.8, 4) is 0 Å². The largest absolute Gasteiger partial charge is 0.441 e. The SMILES string of the molecule is Cc1nc(C)c(/C=C\CF)o1. The summed E-state index contributed by atoms with van der Waals surface area (Å²) in [4.78, 5) is 4.02. The molecule has 0 radical (unpaired) electrons. The van der Waals surface area contributed by atoms with Gasteiger partial charge in [0, 0.05) is 6.92 Å². The summed E-state index contributed by atoms with van der Waals surface area (Å²) in [6.45, 7) is 3.12. The topological polar surface area (TPSA) is 26.0 Å². The summed E-state index contributed by atoms with van der Waals surface area (Å²) in [6.07, 6.45) is 2.99. The summed E-state index contributed by atoms with van der Waals surface area (Å²) in [6, 6.07) is 0. The van der Waals surface area contributed by atoms with Crippen LogP contribution < -0.4 is 0 Å². The van der Waals surface area contributed by atoms with E-state index in [4.69, 9.17) is 4.42 Å². The van der Waals surface area contributed by atoms with Gasteiger partial charge in [-0.3, -0.25) is 0 Å². The second-order valence-corrected chi connectivity index (χ2v) is 2.24. The van der Waals surface area contributed by atoms with E-state index in [1.165, 1.54) is 6.08 Å². The van der Waals surface area contributed by atoms with Crippen LogP contribution in [0, 0.1) is 13.8 Å². The number of rotatable bonds is 2. The van der Waals surface area contributed by atoms with Crippen molar-refractivity contribution < 1.29 is 8.81 Å². The Hall–Kier alpha value is -1.12. The number of alkyl halides is 1. The molecule has 2 nitrogen and oxygen atoms in total. The van der Waals surface area contributed by atoms with Gasteiger partial charge in [-0.25, -0.2) is 9.37 Å². The molecule has 0 amide bonds. The van der Waals surface area contributed by atoms with E-state index in [2.05, 4.69) is 4.98 Å². The molecule has 1 rings (SSSR count). The summed E-state index contributed by atoms with van der Waals surface area (Å²) in [5.41, 5.74) is 0.798. The lowest BCUT2D eigenvalue weighted by Gasteiger charge is -1.83. The maximum absolute atomic E-state index is 11.7. The number of halogens is 1. The van der Waals surface area contributed by atoms with E-state index < -0.39 is 6.67 Å². The molecule has 0 aliphatic rings. The zero-order valence-electron chi connectivity index (χ0n) is 6.60. The number of oxazole rings is 1. The van der Waals surface area contributed by atoms with E-state index in [1.807, 2.05) is 6.92 Å². The summed E-state index contributed by atoms with van der Waals surface area (Å²) in [5, 5.41) is 0. The fourth-order valence-electron chi connectivity index (χ4n) is 0.853. The van der Waals surface area contributed by atoms with E-state index in [-0.39, 0.29) is 0 Å². The van der Waals surface area contributed by atoms with Gasteiger partial charge in [0.2, 0.25) is 0 Å². The summed E-state index contributed by atoms with van der Waals surface area (Å²) < 4.78 is 16.8. The number of aryl methyl sites for hydroxylation is 2. The monoisotopic (exact) mass is 155 g/mol. The molecule has 0 atom stereocenters. The molecule has 0 aromatic carbocycles. The summed E-state index contributed by atoms with van der Waals surface area (Å²) in [7, 11) is 0. The Morgan fingerprint density at radius 2 is 2.27 bits per heavy atom. The van der Waals surface area contributed by atoms with Crippen LogP contribution in [0.5, 0.6) is 0 Å². The number of hydrogen-bond donors (Lipinski definition) is 0. The predicted molar refractivity (Wildman–Crippen MR) is 41.0 cm³/mol. The van der Waals surface area contributed by atoms with Gasteiger partial charge < -0.3 is 4.42 Å². The molecule has 0 N–H and O–H groups in total. The van der Waals surface area contributed by atoms with Gasteiger partial charge in [0.25, 0.3) is 0 Å². The normalized spacial score (nSPS) is 11.2. The molecule has 0 fully saturated rings. The number of hydrogen-bond acceptors (Lipinski definition) is 2. The third-order valence-corrected chi connectivity index (χ3v) is 1.30. The average Bonchev–Trinajstić information content (AvgIpc) is 2.26. The molecule has 1 aromatic heterocycles. The zero-order chi connectivity index (χ0) is 8.27. The Kier molecular flexibility index (Phi) is 2.41. The van der Waals surface area contributed by atoms with E-state index >= 15 is 0 Å². The minimum absolute atomic E-state index is 0.473. The lowest BCUT2D eigenvalue weighted by molar-refractivity contribution is 0.511. The molecule has 1 aromatic rings. The standard InChI is InChI=1S/C8H10FNO/c1-6-8(4-3-5-9)11-7(2)10-6/h3-4H,5H2,1-2H3/b4-3-. The Bertz CT molecular complexity index is 265. The third kappa shape index (κ3) is 1.90. The Labute approximate surface area is 64.7 Å². The Morgan fingerprint density at radius 3 is 2.73 bits per heavy atom. The van der Waals surface area contributed by atoms with Crippen molar-refractivity contribution in [2.24, 2.45) is 0 Å². The van der Waals surface area contributed by atoms with Gasteiger partial charge in [-0.1, -0.05) is 6.08 Å². The first-order chi connectivity index (χ1) is 5.24. The maximum Gasteiger partial charge on any atom is 0.191 e. The first-order valence-corrected chi connectivity index (χ1v) is 3.40. The van der Waals surface area contributed by atoms with Crippen LogP contribution in [0.1, 0.15) is 17.3 Å². The quantitative estimate of drug-likeness (QED) is 0.654. The molecule has 3 heteroatoms. The number of aromatic nitrogens is 1. The fourth-order valence-corrected chi connectivity index (χ4v) is 0.853.